The maximum absolute atomic E-state index is 11.8. The molecule has 0 radical (unpaired) electrons. The summed E-state index contributed by atoms with van der Waals surface area (Å²) in [5.41, 5.74) is 1.23. The van der Waals surface area contributed by atoms with Gasteiger partial charge < -0.3 is 20.5 Å². The zero-order chi connectivity index (χ0) is 15.9. The van der Waals surface area contributed by atoms with Crippen molar-refractivity contribution in [3.05, 3.63) is 29.8 Å². The maximum Gasteiger partial charge on any atom is 0.315 e. The van der Waals surface area contributed by atoms with E-state index >= 15 is 0 Å². The van der Waals surface area contributed by atoms with Gasteiger partial charge in [-0.15, -0.1) is 0 Å². The van der Waals surface area contributed by atoms with Crippen molar-refractivity contribution in [2.45, 2.75) is 50.7 Å². The first kappa shape index (κ1) is 16.6. The number of rotatable bonds is 6. The van der Waals surface area contributed by atoms with Crippen LogP contribution in [0.5, 0.6) is 5.75 Å². The molecule has 3 atom stereocenters. The lowest BCUT2D eigenvalue weighted by atomic mass is 9.98. The summed E-state index contributed by atoms with van der Waals surface area (Å²) in [6.45, 7) is 2.75. The minimum absolute atomic E-state index is 0.0981. The van der Waals surface area contributed by atoms with E-state index in [-0.39, 0.29) is 12.1 Å². The fraction of sp³-hybridized carbons (Fsp3) is 0.588. The van der Waals surface area contributed by atoms with Crippen molar-refractivity contribution in [2.24, 2.45) is 0 Å². The average molecular weight is 306 g/mol. The van der Waals surface area contributed by atoms with Gasteiger partial charge in [0.1, 0.15) is 5.75 Å². The molecule has 0 aromatic heterocycles. The van der Waals surface area contributed by atoms with Crippen molar-refractivity contribution < 1.29 is 14.6 Å². The molecule has 0 heterocycles. The van der Waals surface area contributed by atoms with Crippen LogP contribution in [0.1, 0.15) is 44.1 Å². The second kappa shape index (κ2) is 8.03. The molecular formula is C17H26N2O3. The Labute approximate surface area is 132 Å². The summed E-state index contributed by atoms with van der Waals surface area (Å²) in [5.74, 6) is 1.21. The molecule has 1 saturated carbocycles. The number of carbonyl (C=O) groups is 1. The number of aliphatic hydroxyl groups is 1. The minimum atomic E-state index is -0.399. The Morgan fingerprint density at radius 1 is 1.36 bits per heavy atom. The number of urea groups is 1. The lowest BCUT2D eigenvalue weighted by Crippen LogP contribution is -2.45. The molecule has 1 aliphatic rings. The van der Waals surface area contributed by atoms with Crippen LogP contribution in [0.4, 0.5) is 4.79 Å². The van der Waals surface area contributed by atoms with E-state index in [1.54, 1.807) is 7.11 Å². The monoisotopic (exact) mass is 306 g/mol. The summed E-state index contributed by atoms with van der Waals surface area (Å²) < 4.78 is 5.15. The van der Waals surface area contributed by atoms with Crippen LogP contribution in [0.15, 0.2) is 24.3 Å². The molecule has 0 unspecified atom stereocenters. The fourth-order valence-electron chi connectivity index (χ4n) is 2.83. The average Bonchev–Trinajstić information content (AvgIpc) is 2.92. The van der Waals surface area contributed by atoms with Gasteiger partial charge in [0.05, 0.1) is 19.3 Å². The Hall–Kier alpha value is -1.75. The van der Waals surface area contributed by atoms with E-state index in [0.29, 0.717) is 12.5 Å². The molecule has 1 aromatic carbocycles. The van der Waals surface area contributed by atoms with Gasteiger partial charge in [-0.25, -0.2) is 4.79 Å². The Morgan fingerprint density at radius 2 is 2.09 bits per heavy atom. The van der Waals surface area contributed by atoms with Crippen molar-refractivity contribution in [1.82, 2.24) is 10.6 Å². The molecule has 122 valence electrons. The lowest BCUT2D eigenvalue weighted by Gasteiger charge is -2.18. The topological polar surface area (TPSA) is 70.6 Å². The molecule has 1 fully saturated rings. The molecule has 3 N–H and O–H groups in total. The first-order valence-electron chi connectivity index (χ1n) is 7.96. The molecule has 0 spiro atoms. The number of amides is 2. The molecule has 1 aliphatic carbocycles. The van der Waals surface area contributed by atoms with Gasteiger partial charge >= 0.3 is 6.03 Å². The highest BCUT2D eigenvalue weighted by molar-refractivity contribution is 5.74. The zero-order valence-electron chi connectivity index (χ0n) is 13.3. The van der Waals surface area contributed by atoms with Gasteiger partial charge in [0.25, 0.3) is 0 Å². The van der Waals surface area contributed by atoms with Gasteiger partial charge in [-0.05, 0) is 49.3 Å². The van der Waals surface area contributed by atoms with E-state index in [2.05, 4.69) is 29.7 Å². The van der Waals surface area contributed by atoms with Crippen molar-refractivity contribution in [3.8, 4) is 5.75 Å². The summed E-state index contributed by atoms with van der Waals surface area (Å²) >= 11 is 0. The molecule has 0 aliphatic heterocycles. The van der Waals surface area contributed by atoms with Gasteiger partial charge in [0, 0.05) is 6.54 Å². The molecule has 0 bridgehead atoms. The van der Waals surface area contributed by atoms with Crippen LogP contribution < -0.4 is 15.4 Å². The molecule has 22 heavy (non-hydrogen) atoms. The minimum Gasteiger partial charge on any atom is -0.497 e. The Bertz CT molecular complexity index is 475. The smallest absolute Gasteiger partial charge is 0.315 e. The number of methoxy groups -OCH3 is 1. The predicted octanol–water partition coefficient (Wildman–Crippen LogP) is 2.40. The molecule has 0 saturated heterocycles. The van der Waals surface area contributed by atoms with Gasteiger partial charge in [0.15, 0.2) is 0 Å². The van der Waals surface area contributed by atoms with Crippen LogP contribution in [0, 0.1) is 0 Å². The van der Waals surface area contributed by atoms with Crippen LogP contribution in [0.3, 0.4) is 0 Å². The number of ether oxygens (including phenoxy) is 1. The molecule has 2 amide bonds. The predicted molar refractivity (Wildman–Crippen MR) is 86.2 cm³/mol. The van der Waals surface area contributed by atoms with Gasteiger partial charge in [-0.2, -0.15) is 0 Å². The third-order valence-corrected chi connectivity index (χ3v) is 4.34. The van der Waals surface area contributed by atoms with E-state index < -0.39 is 6.10 Å². The van der Waals surface area contributed by atoms with Crippen LogP contribution >= 0.6 is 0 Å². The van der Waals surface area contributed by atoms with Crippen molar-refractivity contribution in [2.75, 3.05) is 13.7 Å². The van der Waals surface area contributed by atoms with Gasteiger partial charge in [-0.1, -0.05) is 19.1 Å². The molecule has 2 rings (SSSR count). The van der Waals surface area contributed by atoms with Crippen LogP contribution in [0.25, 0.3) is 0 Å². The number of nitrogens with one attached hydrogen (secondary N) is 2. The van der Waals surface area contributed by atoms with Crippen LogP contribution in [-0.2, 0) is 0 Å². The highest BCUT2D eigenvalue weighted by Crippen LogP contribution is 2.21. The van der Waals surface area contributed by atoms with E-state index in [0.717, 1.165) is 31.4 Å². The summed E-state index contributed by atoms with van der Waals surface area (Å²) in [5, 5.41) is 15.4. The van der Waals surface area contributed by atoms with E-state index in [1.807, 2.05) is 12.1 Å². The summed E-state index contributed by atoms with van der Waals surface area (Å²) in [7, 11) is 1.66. The SMILES string of the molecule is COc1ccc([C@H](C)CCNC(=O)N[C@@H]2CCC[C@@H]2O)cc1. The second-order valence-corrected chi connectivity index (χ2v) is 5.97. The second-order valence-electron chi connectivity index (χ2n) is 5.97. The quantitative estimate of drug-likeness (QED) is 0.756. The van der Waals surface area contributed by atoms with Crippen LogP contribution in [-0.4, -0.2) is 36.9 Å². The molecule has 5 heteroatoms. The van der Waals surface area contributed by atoms with Gasteiger partial charge in [-0.3, -0.25) is 0 Å². The number of aliphatic hydroxyl groups excluding tert-OH is 1. The zero-order valence-corrected chi connectivity index (χ0v) is 13.3. The lowest BCUT2D eigenvalue weighted by molar-refractivity contribution is 0.149. The van der Waals surface area contributed by atoms with E-state index in [4.69, 9.17) is 4.74 Å². The van der Waals surface area contributed by atoms with Crippen LogP contribution in [0.2, 0.25) is 0 Å². The molecule has 1 aromatic rings. The third kappa shape index (κ3) is 4.63. The Kier molecular flexibility index (Phi) is 6.07. The summed E-state index contributed by atoms with van der Waals surface area (Å²) in [6, 6.07) is 7.73. The summed E-state index contributed by atoms with van der Waals surface area (Å²) in [6.07, 6.45) is 3.08. The first-order valence-corrected chi connectivity index (χ1v) is 7.96. The normalized spacial score (nSPS) is 22.1. The largest absolute Gasteiger partial charge is 0.497 e. The molecular weight excluding hydrogens is 280 g/mol. The number of carbonyl (C=O) groups excluding carboxylic acids is 1. The number of hydrogen-bond donors (Lipinski definition) is 3. The summed E-state index contributed by atoms with van der Waals surface area (Å²) in [4.78, 5) is 11.8. The standard InChI is InChI=1S/C17H26N2O3/c1-12(13-6-8-14(22-2)9-7-13)10-11-18-17(21)19-15-4-3-5-16(15)20/h6-9,12,15-16,20H,3-5,10-11H2,1-2H3,(H2,18,19,21)/t12-,15-,16+/m1/s1. The highest BCUT2D eigenvalue weighted by atomic mass is 16.5. The number of benzene rings is 1. The fourth-order valence-corrected chi connectivity index (χ4v) is 2.83. The first-order chi connectivity index (χ1) is 10.6. The highest BCUT2D eigenvalue weighted by Gasteiger charge is 2.26. The van der Waals surface area contributed by atoms with Crippen molar-refractivity contribution in [3.63, 3.8) is 0 Å². The Balaban J connectivity index is 1.69. The van der Waals surface area contributed by atoms with Crippen molar-refractivity contribution in [1.29, 1.82) is 0 Å². The van der Waals surface area contributed by atoms with Crippen molar-refractivity contribution >= 4 is 6.03 Å². The van der Waals surface area contributed by atoms with Gasteiger partial charge in [0.2, 0.25) is 0 Å². The maximum atomic E-state index is 11.8. The van der Waals surface area contributed by atoms with E-state index in [9.17, 15) is 9.90 Å². The van der Waals surface area contributed by atoms with E-state index in [1.165, 1.54) is 5.56 Å². The Morgan fingerprint density at radius 3 is 2.68 bits per heavy atom. The molecule has 5 nitrogen and oxygen atoms in total. The number of hydrogen-bond acceptors (Lipinski definition) is 3. The third-order valence-electron chi connectivity index (χ3n) is 4.34.